The Balaban J connectivity index is 1.98. The molecule has 0 aliphatic rings. The molecule has 3 aromatic rings. The van der Waals surface area contributed by atoms with Crippen molar-refractivity contribution in [1.82, 2.24) is 19.9 Å². The zero-order chi connectivity index (χ0) is 17.6. The zero-order valence-electron chi connectivity index (χ0n) is 13.9. The van der Waals surface area contributed by atoms with Crippen molar-refractivity contribution in [2.45, 2.75) is 19.9 Å². The summed E-state index contributed by atoms with van der Waals surface area (Å²) in [6, 6.07) is 12.9. The molecule has 2 heterocycles. The van der Waals surface area contributed by atoms with E-state index < -0.39 is 0 Å². The highest BCUT2D eigenvalue weighted by Gasteiger charge is 2.10. The van der Waals surface area contributed by atoms with Gasteiger partial charge in [-0.3, -0.25) is 4.98 Å². The first-order chi connectivity index (χ1) is 12.1. The first-order valence-electron chi connectivity index (χ1n) is 7.82. The molecule has 2 aromatic heterocycles. The molecular formula is C18H17N7. The molecule has 0 atom stereocenters. The highest BCUT2D eigenvalue weighted by molar-refractivity contribution is 5.63. The molecule has 0 aliphatic heterocycles. The molecule has 0 fully saturated rings. The van der Waals surface area contributed by atoms with Crippen molar-refractivity contribution in [1.29, 1.82) is 0 Å². The maximum Gasteiger partial charge on any atom is 0.232 e. The molecule has 3 rings (SSSR count). The van der Waals surface area contributed by atoms with Crippen molar-refractivity contribution in [2.75, 3.05) is 10.6 Å². The van der Waals surface area contributed by atoms with E-state index in [0.29, 0.717) is 29.1 Å². The Hall–Kier alpha value is -3.53. The lowest BCUT2D eigenvalue weighted by atomic mass is 10.3. The average Bonchev–Trinajstić information content (AvgIpc) is 2.62. The minimum Gasteiger partial charge on any atom is -0.352 e. The zero-order valence-corrected chi connectivity index (χ0v) is 13.9. The minimum atomic E-state index is 0.178. The van der Waals surface area contributed by atoms with Crippen LogP contribution >= 0.6 is 0 Å². The predicted octanol–water partition coefficient (Wildman–Crippen LogP) is 4.05. The molecule has 124 valence electrons. The summed E-state index contributed by atoms with van der Waals surface area (Å²) >= 11 is 0. The molecule has 7 nitrogen and oxygen atoms in total. The van der Waals surface area contributed by atoms with Crippen molar-refractivity contribution in [3.05, 3.63) is 60.1 Å². The van der Waals surface area contributed by atoms with Crippen molar-refractivity contribution in [3.63, 3.8) is 0 Å². The van der Waals surface area contributed by atoms with Crippen LogP contribution in [0, 0.1) is 6.57 Å². The van der Waals surface area contributed by atoms with Gasteiger partial charge in [-0.05, 0) is 38.1 Å². The van der Waals surface area contributed by atoms with Gasteiger partial charge in [0.15, 0.2) is 11.5 Å². The smallest absolute Gasteiger partial charge is 0.232 e. The number of nitrogens with zero attached hydrogens (tertiary/aromatic N) is 5. The third-order valence-corrected chi connectivity index (χ3v) is 3.18. The van der Waals surface area contributed by atoms with Crippen LogP contribution in [0.25, 0.3) is 16.4 Å². The number of nitrogens with one attached hydrogen (secondary N) is 2. The second kappa shape index (κ2) is 7.36. The van der Waals surface area contributed by atoms with Crippen LogP contribution in [0.2, 0.25) is 0 Å². The molecule has 1 aromatic carbocycles. The predicted molar refractivity (Wildman–Crippen MR) is 97.8 cm³/mol. The van der Waals surface area contributed by atoms with Crippen LogP contribution in [0.15, 0.2) is 48.7 Å². The lowest BCUT2D eigenvalue weighted by molar-refractivity contribution is 0.869. The van der Waals surface area contributed by atoms with Crippen LogP contribution in [0.1, 0.15) is 13.8 Å². The van der Waals surface area contributed by atoms with Crippen LogP contribution in [0.4, 0.5) is 23.3 Å². The lowest BCUT2D eigenvalue weighted by Crippen LogP contribution is -2.14. The number of hydrogen-bond acceptors (Lipinski definition) is 6. The van der Waals surface area contributed by atoms with Gasteiger partial charge in [0.2, 0.25) is 11.9 Å². The summed E-state index contributed by atoms with van der Waals surface area (Å²) in [5.41, 5.74) is 1.95. The third kappa shape index (κ3) is 4.26. The van der Waals surface area contributed by atoms with Gasteiger partial charge >= 0.3 is 0 Å². The number of pyridine rings is 1. The summed E-state index contributed by atoms with van der Waals surface area (Å²) in [5.74, 6) is 1.33. The molecule has 0 saturated carbocycles. The van der Waals surface area contributed by atoms with Gasteiger partial charge in [0.1, 0.15) is 5.69 Å². The topological polar surface area (TPSA) is 80.0 Å². The van der Waals surface area contributed by atoms with Gasteiger partial charge in [-0.15, -0.1) is 0 Å². The van der Waals surface area contributed by atoms with Gasteiger partial charge in [0.05, 0.1) is 6.57 Å². The van der Waals surface area contributed by atoms with E-state index in [1.165, 1.54) is 0 Å². The number of benzene rings is 1. The van der Waals surface area contributed by atoms with Crippen molar-refractivity contribution in [3.8, 4) is 11.5 Å². The van der Waals surface area contributed by atoms with E-state index >= 15 is 0 Å². The molecule has 0 saturated heterocycles. The van der Waals surface area contributed by atoms with Crippen LogP contribution in [0.3, 0.4) is 0 Å². The molecule has 0 bridgehead atoms. The molecule has 25 heavy (non-hydrogen) atoms. The summed E-state index contributed by atoms with van der Waals surface area (Å²) in [7, 11) is 0. The van der Waals surface area contributed by atoms with Gasteiger partial charge in [-0.25, -0.2) is 4.85 Å². The van der Waals surface area contributed by atoms with E-state index in [1.807, 2.05) is 44.2 Å². The second-order valence-corrected chi connectivity index (χ2v) is 5.61. The normalized spacial score (nSPS) is 10.3. The van der Waals surface area contributed by atoms with Gasteiger partial charge in [0.25, 0.3) is 0 Å². The minimum absolute atomic E-state index is 0.178. The molecule has 7 heteroatoms. The number of aromatic nitrogens is 4. The molecule has 2 N–H and O–H groups in total. The monoisotopic (exact) mass is 331 g/mol. The molecule has 0 spiro atoms. The second-order valence-electron chi connectivity index (χ2n) is 5.61. The molecule has 0 radical (unpaired) electrons. The van der Waals surface area contributed by atoms with E-state index in [0.717, 1.165) is 5.69 Å². The summed E-state index contributed by atoms with van der Waals surface area (Å²) in [4.78, 5) is 21.0. The molecule has 0 amide bonds. The largest absolute Gasteiger partial charge is 0.352 e. The molecular weight excluding hydrogens is 314 g/mol. The Kier molecular flexibility index (Phi) is 4.81. The highest BCUT2D eigenvalue weighted by atomic mass is 15.2. The van der Waals surface area contributed by atoms with Crippen molar-refractivity contribution < 1.29 is 0 Å². The van der Waals surface area contributed by atoms with E-state index in [-0.39, 0.29) is 6.04 Å². The summed E-state index contributed by atoms with van der Waals surface area (Å²) in [6.45, 7) is 11.1. The Morgan fingerprint density at radius 1 is 1.00 bits per heavy atom. The first kappa shape index (κ1) is 16.3. The highest BCUT2D eigenvalue weighted by Crippen LogP contribution is 2.22. The number of anilines is 3. The van der Waals surface area contributed by atoms with Crippen LogP contribution in [-0.4, -0.2) is 26.0 Å². The Morgan fingerprint density at radius 3 is 2.56 bits per heavy atom. The van der Waals surface area contributed by atoms with E-state index in [9.17, 15) is 0 Å². The number of hydrogen-bond donors (Lipinski definition) is 2. The molecule has 0 unspecified atom stereocenters. The summed E-state index contributed by atoms with van der Waals surface area (Å²) < 4.78 is 0. The van der Waals surface area contributed by atoms with Gasteiger partial charge in [0, 0.05) is 17.9 Å². The summed E-state index contributed by atoms with van der Waals surface area (Å²) in [5, 5.41) is 6.31. The van der Waals surface area contributed by atoms with Gasteiger partial charge in [-0.1, -0.05) is 18.2 Å². The average molecular weight is 331 g/mol. The lowest BCUT2D eigenvalue weighted by Gasteiger charge is -2.12. The third-order valence-electron chi connectivity index (χ3n) is 3.18. The first-order valence-corrected chi connectivity index (χ1v) is 7.82. The van der Waals surface area contributed by atoms with Crippen molar-refractivity contribution in [2.24, 2.45) is 0 Å². The van der Waals surface area contributed by atoms with Gasteiger partial charge in [-0.2, -0.15) is 15.0 Å². The fourth-order valence-corrected chi connectivity index (χ4v) is 2.15. The maximum absolute atomic E-state index is 7.12. The van der Waals surface area contributed by atoms with Gasteiger partial charge < -0.3 is 10.6 Å². The molecule has 0 aliphatic carbocycles. The van der Waals surface area contributed by atoms with E-state index in [1.54, 1.807) is 18.3 Å². The fraction of sp³-hybridized carbons (Fsp3) is 0.167. The standard InChI is InChI=1S/C18H17N7/c1-12(2)21-17-23-16(15-9-4-5-10-20-15)24-18(25-17)22-14-8-6-7-13(11-14)19-3/h4-12H,1-2H3,(H2,21,22,23,24,25). The maximum atomic E-state index is 7.12. The van der Waals surface area contributed by atoms with E-state index in [4.69, 9.17) is 6.57 Å². The Labute approximate surface area is 146 Å². The van der Waals surface area contributed by atoms with Crippen LogP contribution in [-0.2, 0) is 0 Å². The van der Waals surface area contributed by atoms with Crippen LogP contribution < -0.4 is 10.6 Å². The Morgan fingerprint density at radius 2 is 1.84 bits per heavy atom. The SMILES string of the molecule is [C-]#[N+]c1cccc(Nc2nc(NC(C)C)nc(-c3ccccn3)n2)c1. The number of rotatable bonds is 5. The quantitative estimate of drug-likeness (QED) is 0.687. The Bertz CT molecular complexity index is 901. The van der Waals surface area contributed by atoms with Crippen molar-refractivity contribution >= 4 is 23.3 Å². The van der Waals surface area contributed by atoms with Crippen LogP contribution in [0.5, 0.6) is 0 Å². The fourth-order valence-electron chi connectivity index (χ4n) is 2.15. The summed E-state index contributed by atoms with van der Waals surface area (Å²) in [6.07, 6.45) is 1.70. The van der Waals surface area contributed by atoms with E-state index in [2.05, 4.69) is 35.4 Å².